The number of hydrogen-bond acceptors (Lipinski definition) is 6. The summed E-state index contributed by atoms with van der Waals surface area (Å²) in [5, 5.41) is 10.3. The van der Waals surface area contributed by atoms with Crippen molar-refractivity contribution in [3.05, 3.63) is 35.7 Å². The van der Waals surface area contributed by atoms with E-state index >= 15 is 0 Å². The summed E-state index contributed by atoms with van der Waals surface area (Å²) in [4.78, 5) is 12.6. The van der Waals surface area contributed by atoms with E-state index in [2.05, 4.69) is 15.5 Å². The molecule has 29 heavy (non-hydrogen) atoms. The van der Waals surface area contributed by atoms with E-state index in [-0.39, 0.29) is 22.4 Å². The summed E-state index contributed by atoms with van der Waals surface area (Å²) in [6, 6.07) is 5.98. The third-order valence-corrected chi connectivity index (χ3v) is 7.02. The van der Waals surface area contributed by atoms with Gasteiger partial charge in [0.05, 0.1) is 4.90 Å². The summed E-state index contributed by atoms with van der Waals surface area (Å²) in [5.41, 5.74) is -0.0123. The average Bonchev–Trinajstić information content (AvgIpc) is 3.17. The van der Waals surface area contributed by atoms with Gasteiger partial charge in [-0.1, -0.05) is 39.2 Å². The normalized spacial score (nSPS) is 18.6. The van der Waals surface area contributed by atoms with Gasteiger partial charge in [0.25, 0.3) is 5.91 Å². The minimum absolute atomic E-state index is 0.00993. The van der Waals surface area contributed by atoms with Crippen LogP contribution in [0.3, 0.4) is 0 Å². The zero-order valence-electron chi connectivity index (χ0n) is 17.3. The van der Waals surface area contributed by atoms with E-state index in [0.29, 0.717) is 18.0 Å². The number of rotatable bonds is 5. The van der Waals surface area contributed by atoms with Gasteiger partial charge in [-0.3, -0.25) is 10.1 Å². The van der Waals surface area contributed by atoms with Crippen LogP contribution in [0.5, 0.6) is 0 Å². The van der Waals surface area contributed by atoms with Crippen LogP contribution in [0.2, 0.25) is 0 Å². The van der Waals surface area contributed by atoms with E-state index < -0.39 is 15.9 Å². The lowest BCUT2D eigenvalue weighted by Crippen LogP contribution is -2.43. The third-order valence-electron chi connectivity index (χ3n) is 5.05. The van der Waals surface area contributed by atoms with Crippen LogP contribution in [0.15, 0.2) is 33.6 Å². The van der Waals surface area contributed by atoms with Crippen molar-refractivity contribution in [2.24, 2.45) is 0 Å². The molecule has 1 N–H and O–H groups in total. The number of aromatic nitrogens is 2. The first-order valence-corrected chi connectivity index (χ1v) is 11.3. The van der Waals surface area contributed by atoms with Crippen molar-refractivity contribution in [1.29, 1.82) is 0 Å². The quantitative estimate of drug-likeness (QED) is 0.793. The van der Waals surface area contributed by atoms with E-state index in [1.54, 1.807) is 4.31 Å². The third kappa shape index (κ3) is 4.67. The lowest BCUT2D eigenvalue weighted by molar-refractivity contribution is 0.102. The number of nitrogens with one attached hydrogen (secondary N) is 1. The van der Waals surface area contributed by atoms with Crippen LogP contribution in [0.25, 0.3) is 0 Å². The molecule has 1 aromatic carbocycles. The predicted molar refractivity (Wildman–Crippen MR) is 109 cm³/mol. The number of benzene rings is 1. The lowest BCUT2D eigenvalue weighted by atomic mass is 9.97. The minimum atomic E-state index is -3.58. The molecular weight excluding hydrogens is 392 g/mol. The van der Waals surface area contributed by atoms with Crippen molar-refractivity contribution in [2.75, 3.05) is 11.9 Å². The van der Waals surface area contributed by atoms with Crippen LogP contribution in [0, 0.1) is 0 Å². The average molecular weight is 421 g/mol. The summed E-state index contributed by atoms with van der Waals surface area (Å²) in [6.07, 6.45) is 3.60. The summed E-state index contributed by atoms with van der Waals surface area (Å²) in [7, 11) is -3.58. The number of piperidine rings is 1. The van der Waals surface area contributed by atoms with Gasteiger partial charge in [0.1, 0.15) is 0 Å². The molecule has 3 rings (SSSR count). The van der Waals surface area contributed by atoms with Crippen molar-refractivity contribution in [1.82, 2.24) is 14.5 Å². The molecule has 0 saturated carbocycles. The van der Waals surface area contributed by atoms with Crippen molar-refractivity contribution >= 4 is 21.9 Å². The topological polar surface area (TPSA) is 105 Å². The van der Waals surface area contributed by atoms with Gasteiger partial charge in [0.2, 0.25) is 15.9 Å². The van der Waals surface area contributed by atoms with E-state index in [1.807, 2.05) is 27.7 Å². The van der Waals surface area contributed by atoms with Gasteiger partial charge in [-0.15, -0.1) is 5.10 Å². The van der Waals surface area contributed by atoms with Crippen molar-refractivity contribution in [2.45, 2.75) is 69.7 Å². The fourth-order valence-corrected chi connectivity index (χ4v) is 5.13. The molecule has 1 aliphatic heterocycles. The van der Waals surface area contributed by atoms with Gasteiger partial charge < -0.3 is 4.42 Å². The molecule has 0 aliphatic carbocycles. The molecule has 0 radical (unpaired) electrons. The minimum Gasteiger partial charge on any atom is -0.407 e. The fraction of sp³-hybridized carbons (Fsp3) is 0.550. The number of carbonyl (C=O) groups is 1. The van der Waals surface area contributed by atoms with Crippen LogP contribution < -0.4 is 5.32 Å². The molecular formula is C20H28N4O4S. The highest BCUT2D eigenvalue weighted by atomic mass is 32.2. The maximum atomic E-state index is 13.0. The van der Waals surface area contributed by atoms with Crippen LogP contribution in [0.4, 0.5) is 6.01 Å². The molecule has 1 fully saturated rings. The standard InChI is InChI=1S/C20H28N4O4S/c1-5-15-8-6-7-13-24(15)29(26,27)16-11-9-14(10-12-16)17(25)21-19-23-22-18(28-19)20(2,3)4/h9-12,15H,5-8,13H2,1-4H3,(H,21,23,25). The SMILES string of the molecule is CCC1CCCCN1S(=O)(=O)c1ccc(C(=O)Nc2nnc(C(C)(C)C)o2)cc1. The Morgan fingerprint density at radius 3 is 2.48 bits per heavy atom. The van der Waals surface area contributed by atoms with Crippen LogP contribution in [-0.2, 0) is 15.4 Å². The summed E-state index contributed by atoms with van der Waals surface area (Å²) >= 11 is 0. The Hall–Kier alpha value is -2.26. The van der Waals surface area contributed by atoms with Crippen LogP contribution in [0.1, 0.15) is 69.6 Å². The Balaban J connectivity index is 1.74. The van der Waals surface area contributed by atoms with Gasteiger partial charge in [-0.05, 0) is 43.5 Å². The van der Waals surface area contributed by atoms with Gasteiger partial charge in [0, 0.05) is 23.6 Å². The molecule has 1 atom stereocenters. The van der Waals surface area contributed by atoms with Crippen molar-refractivity contribution < 1.29 is 17.6 Å². The number of anilines is 1. The molecule has 1 saturated heterocycles. The smallest absolute Gasteiger partial charge is 0.322 e. The number of amides is 1. The number of nitrogens with zero attached hydrogens (tertiary/aromatic N) is 3. The second-order valence-electron chi connectivity index (χ2n) is 8.31. The highest BCUT2D eigenvalue weighted by Crippen LogP contribution is 2.27. The zero-order chi connectivity index (χ0) is 21.2. The van der Waals surface area contributed by atoms with Gasteiger partial charge in [0.15, 0.2) is 0 Å². The summed E-state index contributed by atoms with van der Waals surface area (Å²) in [5.74, 6) is -0.0243. The largest absolute Gasteiger partial charge is 0.407 e. The molecule has 1 amide bonds. The highest BCUT2D eigenvalue weighted by molar-refractivity contribution is 7.89. The Bertz CT molecular complexity index is 961. The first kappa shape index (κ1) is 21.4. The molecule has 158 valence electrons. The maximum Gasteiger partial charge on any atom is 0.322 e. The molecule has 0 bridgehead atoms. The van der Waals surface area contributed by atoms with E-state index in [0.717, 1.165) is 25.7 Å². The molecule has 9 heteroatoms. The van der Waals surface area contributed by atoms with E-state index in [1.165, 1.54) is 24.3 Å². The maximum absolute atomic E-state index is 13.0. The number of hydrogen-bond donors (Lipinski definition) is 1. The molecule has 2 heterocycles. The van der Waals surface area contributed by atoms with E-state index in [9.17, 15) is 13.2 Å². The number of carbonyl (C=O) groups excluding carboxylic acids is 1. The molecule has 1 unspecified atom stereocenters. The monoisotopic (exact) mass is 420 g/mol. The highest BCUT2D eigenvalue weighted by Gasteiger charge is 2.32. The van der Waals surface area contributed by atoms with E-state index in [4.69, 9.17) is 4.42 Å². The Morgan fingerprint density at radius 2 is 1.90 bits per heavy atom. The molecule has 8 nitrogen and oxygen atoms in total. The number of sulfonamides is 1. The predicted octanol–water partition coefficient (Wildman–Crippen LogP) is 3.57. The second kappa shape index (κ2) is 8.23. The molecule has 1 aromatic heterocycles. The Morgan fingerprint density at radius 1 is 1.21 bits per heavy atom. The first-order chi connectivity index (χ1) is 13.6. The first-order valence-electron chi connectivity index (χ1n) is 9.90. The van der Waals surface area contributed by atoms with Gasteiger partial charge >= 0.3 is 6.01 Å². The molecule has 1 aliphatic rings. The fourth-order valence-electron chi connectivity index (χ4n) is 3.36. The van der Waals surface area contributed by atoms with Gasteiger partial charge in [-0.25, -0.2) is 8.42 Å². The summed E-state index contributed by atoms with van der Waals surface area (Å²) < 4.78 is 33.1. The Labute approximate surface area is 171 Å². The van der Waals surface area contributed by atoms with Gasteiger partial charge in [-0.2, -0.15) is 4.31 Å². The summed E-state index contributed by atoms with van der Waals surface area (Å²) in [6.45, 7) is 8.33. The van der Waals surface area contributed by atoms with Crippen molar-refractivity contribution in [3.8, 4) is 0 Å². The van der Waals surface area contributed by atoms with Crippen LogP contribution in [-0.4, -0.2) is 41.4 Å². The molecule has 0 spiro atoms. The van der Waals surface area contributed by atoms with Crippen molar-refractivity contribution in [3.63, 3.8) is 0 Å². The Kier molecular flexibility index (Phi) is 6.09. The second-order valence-corrected chi connectivity index (χ2v) is 10.2. The molecule has 2 aromatic rings. The zero-order valence-corrected chi connectivity index (χ0v) is 18.1. The van der Waals surface area contributed by atoms with Crippen LogP contribution >= 0.6 is 0 Å². The lowest BCUT2D eigenvalue weighted by Gasteiger charge is -2.34.